The Labute approximate surface area is 161 Å². The number of H-pyrrole nitrogens is 1. The summed E-state index contributed by atoms with van der Waals surface area (Å²) in [5.74, 6) is 1.26. The van der Waals surface area contributed by atoms with Crippen molar-refractivity contribution in [2.45, 2.75) is 19.5 Å². The number of nitrogens with zero attached hydrogens (tertiary/aromatic N) is 4. The van der Waals surface area contributed by atoms with E-state index in [2.05, 4.69) is 31.7 Å². The summed E-state index contributed by atoms with van der Waals surface area (Å²) in [5.41, 5.74) is 3.37. The molecular weight excluding hydrogens is 357 g/mol. The zero-order chi connectivity index (χ0) is 18.9. The molecule has 0 atom stereocenters. The zero-order valence-electron chi connectivity index (χ0n) is 15.3. The van der Waals surface area contributed by atoms with Gasteiger partial charge in [-0.15, -0.1) is 0 Å². The van der Waals surface area contributed by atoms with Crippen LogP contribution in [0, 0.1) is 5.82 Å². The molecular formula is C21H20FN5O. The maximum atomic E-state index is 13.4. The molecule has 4 aromatic rings. The number of nitrogens with one attached hydrogen (secondary N) is 1. The predicted octanol–water partition coefficient (Wildman–Crippen LogP) is 4.08. The maximum absolute atomic E-state index is 13.4. The van der Waals surface area contributed by atoms with Gasteiger partial charge in [-0.1, -0.05) is 6.08 Å². The second kappa shape index (κ2) is 7.09. The molecule has 142 valence electrons. The SMILES string of the molecule is Fc1ccc2nc(-c3cc4n(n3)CCCN(CC=Cc3ccco3)C4)[nH]c2c1. The van der Waals surface area contributed by atoms with Gasteiger partial charge >= 0.3 is 0 Å². The fourth-order valence-corrected chi connectivity index (χ4v) is 3.61. The molecule has 7 heteroatoms. The van der Waals surface area contributed by atoms with Gasteiger partial charge in [0, 0.05) is 26.2 Å². The number of benzene rings is 1. The molecule has 3 aromatic heterocycles. The summed E-state index contributed by atoms with van der Waals surface area (Å²) in [6.45, 7) is 3.57. The van der Waals surface area contributed by atoms with Gasteiger partial charge in [-0.25, -0.2) is 9.37 Å². The summed E-state index contributed by atoms with van der Waals surface area (Å²) >= 11 is 0. The van der Waals surface area contributed by atoms with Crippen LogP contribution in [0.25, 0.3) is 28.6 Å². The van der Waals surface area contributed by atoms with Crippen LogP contribution in [0.3, 0.4) is 0 Å². The molecule has 0 radical (unpaired) electrons. The third-order valence-electron chi connectivity index (χ3n) is 4.97. The van der Waals surface area contributed by atoms with Crippen molar-refractivity contribution in [2.75, 3.05) is 13.1 Å². The van der Waals surface area contributed by atoms with Crippen LogP contribution < -0.4 is 0 Å². The van der Waals surface area contributed by atoms with Gasteiger partial charge < -0.3 is 9.40 Å². The van der Waals surface area contributed by atoms with Crippen molar-refractivity contribution in [3.63, 3.8) is 0 Å². The summed E-state index contributed by atoms with van der Waals surface area (Å²) in [6, 6.07) is 10.5. The Kier molecular flexibility index (Phi) is 4.29. The summed E-state index contributed by atoms with van der Waals surface area (Å²) in [4.78, 5) is 10.1. The second-order valence-corrected chi connectivity index (χ2v) is 7.00. The number of aromatic amines is 1. The van der Waals surface area contributed by atoms with Gasteiger partial charge in [0.05, 0.1) is 23.0 Å². The number of imidazole rings is 1. The number of halogens is 1. The van der Waals surface area contributed by atoms with E-state index >= 15 is 0 Å². The molecule has 0 amide bonds. The molecule has 0 unspecified atom stereocenters. The smallest absolute Gasteiger partial charge is 0.159 e. The second-order valence-electron chi connectivity index (χ2n) is 7.00. The monoisotopic (exact) mass is 377 g/mol. The van der Waals surface area contributed by atoms with Crippen LogP contribution in [0.1, 0.15) is 17.9 Å². The lowest BCUT2D eigenvalue weighted by atomic mass is 10.3. The first-order chi connectivity index (χ1) is 13.7. The van der Waals surface area contributed by atoms with Gasteiger partial charge in [0.25, 0.3) is 0 Å². The number of aryl methyl sites for hydroxylation is 1. The Morgan fingerprint density at radius 1 is 1.21 bits per heavy atom. The van der Waals surface area contributed by atoms with Crippen LogP contribution in [0.5, 0.6) is 0 Å². The molecule has 0 bridgehead atoms. The predicted molar refractivity (Wildman–Crippen MR) is 105 cm³/mol. The molecule has 0 spiro atoms. The van der Waals surface area contributed by atoms with Crippen molar-refractivity contribution in [3.8, 4) is 11.5 Å². The standard InChI is InChI=1S/C21H20FN5O/c22-15-6-7-18-19(12-15)24-21(23-18)20-13-16-14-26(9-3-10-27(16)25-20)8-1-4-17-5-2-11-28-17/h1-2,4-7,11-13H,3,8-10,14H2,(H,23,24). The largest absolute Gasteiger partial charge is 0.465 e. The van der Waals surface area contributed by atoms with Crippen LogP contribution in [-0.2, 0) is 13.1 Å². The molecule has 28 heavy (non-hydrogen) atoms. The highest BCUT2D eigenvalue weighted by molar-refractivity contribution is 5.78. The Hall–Kier alpha value is -3.19. The van der Waals surface area contributed by atoms with E-state index in [1.165, 1.54) is 12.1 Å². The minimum atomic E-state index is -0.276. The first-order valence-corrected chi connectivity index (χ1v) is 9.39. The van der Waals surface area contributed by atoms with Crippen LogP contribution in [0.2, 0.25) is 0 Å². The molecule has 1 aliphatic rings. The average molecular weight is 377 g/mol. The fraction of sp³-hybridized carbons (Fsp3) is 0.238. The molecule has 6 nitrogen and oxygen atoms in total. The molecule has 1 aromatic carbocycles. The lowest BCUT2D eigenvalue weighted by Gasteiger charge is -2.16. The first kappa shape index (κ1) is 16.9. The molecule has 0 fully saturated rings. The van der Waals surface area contributed by atoms with Crippen molar-refractivity contribution in [3.05, 3.63) is 66.0 Å². The molecule has 1 N–H and O–H groups in total. The number of hydrogen-bond acceptors (Lipinski definition) is 4. The van der Waals surface area contributed by atoms with Gasteiger partial charge in [0.1, 0.15) is 17.3 Å². The average Bonchev–Trinajstić information content (AvgIpc) is 3.39. The summed E-state index contributed by atoms with van der Waals surface area (Å²) in [6.07, 6.45) is 6.84. The topological polar surface area (TPSA) is 62.9 Å². The normalized spacial score (nSPS) is 15.3. The number of hydrogen-bond donors (Lipinski definition) is 1. The van der Waals surface area contributed by atoms with E-state index in [9.17, 15) is 4.39 Å². The lowest BCUT2D eigenvalue weighted by Crippen LogP contribution is -2.23. The highest BCUT2D eigenvalue weighted by Gasteiger charge is 2.18. The Balaban J connectivity index is 1.35. The molecule has 0 saturated carbocycles. The van der Waals surface area contributed by atoms with Crippen LogP contribution in [0.4, 0.5) is 4.39 Å². The minimum absolute atomic E-state index is 0.276. The van der Waals surface area contributed by atoms with Crippen molar-refractivity contribution >= 4 is 17.1 Å². The first-order valence-electron chi connectivity index (χ1n) is 9.39. The van der Waals surface area contributed by atoms with E-state index in [1.807, 2.05) is 18.2 Å². The molecule has 4 heterocycles. The van der Waals surface area contributed by atoms with Crippen molar-refractivity contribution in [1.29, 1.82) is 0 Å². The van der Waals surface area contributed by atoms with Gasteiger partial charge in [-0.3, -0.25) is 9.58 Å². The van der Waals surface area contributed by atoms with E-state index in [0.717, 1.165) is 55.3 Å². The summed E-state index contributed by atoms with van der Waals surface area (Å²) in [5, 5.41) is 4.72. The fourth-order valence-electron chi connectivity index (χ4n) is 3.61. The third-order valence-corrected chi connectivity index (χ3v) is 4.97. The zero-order valence-corrected chi connectivity index (χ0v) is 15.3. The lowest BCUT2D eigenvalue weighted by molar-refractivity contribution is 0.299. The van der Waals surface area contributed by atoms with Crippen molar-refractivity contribution < 1.29 is 8.81 Å². The number of rotatable bonds is 4. The molecule has 0 saturated heterocycles. The van der Waals surface area contributed by atoms with E-state index in [1.54, 1.807) is 12.3 Å². The minimum Gasteiger partial charge on any atom is -0.465 e. The van der Waals surface area contributed by atoms with E-state index in [0.29, 0.717) is 11.3 Å². The molecule has 1 aliphatic heterocycles. The van der Waals surface area contributed by atoms with Gasteiger partial charge in [0.15, 0.2) is 5.82 Å². The Morgan fingerprint density at radius 3 is 3.07 bits per heavy atom. The third kappa shape index (κ3) is 3.36. The summed E-state index contributed by atoms with van der Waals surface area (Å²) in [7, 11) is 0. The maximum Gasteiger partial charge on any atom is 0.159 e. The van der Waals surface area contributed by atoms with Gasteiger partial charge in [-0.05, 0) is 48.9 Å². The van der Waals surface area contributed by atoms with E-state index in [4.69, 9.17) is 9.52 Å². The van der Waals surface area contributed by atoms with Crippen LogP contribution in [0.15, 0.2) is 53.2 Å². The van der Waals surface area contributed by atoms with Crippen molar-refractivity contribution in [2.24, 2.45) is 0 Å². The van der Waals surface area contributed by atoms with E-state index < -0.39 is 0 Å². The van der Waals surface area contributed by atoms with Crippen LogP contribution >= 0.6 is 0 Å². The van der Waals surface area contributed by atoms with Gasteiger partial charge in [0.2, 0.25) is 0 Å². The molecule has 5 rings (SSSR count). The number of aromatic nitrogens is 4. The number of furan rings is 1. The Morgan fingerprint density at radius 2 is 2.18 bits per heavy atom. The van der Waals surface area contributed by atoms with Crippen LogP contribution in [-0.4, -0.2) is 37.7 Å². The molecule has 0 aliphatic carbocycles. The van der Waals surface area contributed by atoms with Crippen molar-refractivity contribution in [1.82, 2.24) is 24.6 Å². The summed E-state index contributed by atoms with van der Waals surface area (Å²) < 4.78 is 20.8. The Bertz CT molecular complexity index is 1130. The highest BCUT2D eigenvalue weighted by atomic mass is 19.1. The quantitative estimate of drug-likeness (QED) is 0.582. The van der Waals surface area contributed by atoms with Gasteiger partial charge in [-0.2, -0.15) is 5.10 Å². The number of fused-ring (bicyclic) bond motifs is 2. The van der Waals surface area contributed by atoms with E-state index in [-0.39, 0.29) is 5.82 Å². The highest BCUT2D eigenvalue weighted by Crippen LogP contribution is 2.23.